The van der Waals surface area contributed by atoms with E-state index in [1.54, 1.807) is 0 Å². The zero-order valence-corrected chi connectivity index (χ0v) is 22.3. The molecule has 0 aliphatic rings. The molecule has 6 rings (SSSR count). The third-order valence-electron chi connectivity index (χ3n) is 8.43. The number of unbranched alkanes of at least 4 members (excludes halogenated alkanes) is 4. The number of rotatable bonds is 8. The summed E-state index contributed by atoms with van der Waals surface area (Å²) in [6.07, 6.45) is 9.99. The van der Waals surface area contributed by atoms with Crippen LogP contribution in [0.25, 0.3) is 54.1 Å². The average molecular weight is 475 g/mol. The SMILES string of the molecule is CCCCCc1cc2cc3ccc4c5cc6c(cc(CCCCC)n6C)cc5ccc4c3cc2n1C. The number of hydrogen-bond donors (Lipinski definition) is 0. The van der Waals surface area contributed by atoms with Crippen LogP contribution in [0.1, 0.15) is 63.8 Å². The molecule has 0 unspecified atom stereocenters. The maximum atomic E-state index is 2.43. The molecule has 184 valence electrons. The van der Waals surface area contributed by atoms with Gasteiger partial charge in [-0.1, -0.05) is 63.8 Å². The maximum Gasteiger partial charge on any atom is 0.0486 e. The first-order valence-electron chi connectivity index (χ1n) is 13.9. The number of benzene rings is 4. The second kappa shape index (κ2) is 9.32. The van der Waals surface area contributed by atoms with E-state index in [4.69, 9.17) is 0 Å². The second-order valence-corrected chi connectivity index (χ2v) is 10.8. The van der Waals surface area contributed by atoms with Crippen molar-refractivity contribution in [3.63, 3.8) is 0 Å². The van der Waals surface area contributed by atoms with Gasteiger partial charge in [0, 0.05) is 47.3 Å². The van der Waals surface area contributed by atoms with Gasteiger partial charge >= 0.3 is 0 Å². The van der Waals surface area contributed by atoms with Crippen molar-refractivity contribution in [2.45, 2.75) is 65.2 Å². The van der Waals surface area contributed by atoms with E-state index in [-0.39, 0.29) is 0 Å². The molecule has 6 aromatic rings. The van der Waals surface area contributed by atoms with E-state index in [0.717, 1.165) is 12.8 Å². The smallest absolute Gasteiger partial charge is 0.0486 e. The van der Waals surface area contributed by atoms with E-state index in [0.29, 0.717) is 0 Å². The summed E-state index contributed by atoms with van der Waals surface area (Å²) in [4.78, 5) is 0. The molecular formula is C34H38N2. The Bertz CT molecular complexity index is 1600. The molecule has 2 heteroatoms. The summed E-state index contributed by atoms with van der Waals surface area (Å²) in [5.41, 5.74) is 5.58. The molecular weight excluding hydrogens is 436 g/mol. The summed E-state index contributed by atoms with van der Waals surface area (Å²) in [7, 11) is 4.47. The second-order valence-electron chi connectivity index (χ2n) is 10.8. The van der Waals surface area contributed by atoms with E-state index in [9.17, 15) is 0 Å². The Morgan fingerprint density at radius 3 is 1.33 bits per heavy atom. The summed E-state index contributed by atoms with van der Waals surface area (Å²) >= 11 is 0. The number of fused-ring (bicyclic) bond motifs is 7. The van der Waals surface area contributed by atoms with Gasteiger partial charge in [-0.05, 0) is 94.4 Å². The third kappa shape index (κ3) is 3.79. The van der Waals surface area contributed by atoms with Crippen LogP contribution in [-0.2, 0) is 26.9 Å². The van der Waals surface area contributed by atoms with Crippen LogP contribution in [0.2, 0.25) is 0 Å². The van der Waals surface area contributed by atoms with E-state index >= 15 is 0 Å². The van der Waals surface area contributed by atoms with Crippen molar-refractivity contribution in [2.24, 2.45) is 14.1 Å². The Balaban J connectivity index is 1.51. The topological polar surface area (TPSA) is 9.86 Å². The average Bonchev–Trinajstić information content (AvgIpc) is 3.36. The fourth-order valence-corrected chi connectivity index (χ4v) is 6.25. The van der Waals surface area contributed by atoms with Crippen molar-refractivity contribution in [2.75, 3.05) is 0 Å². The minimum atomic E-state index is 1.16. The van der Waals surface area contributed by atoms with Crippen LogP contribution in [0.5, 0.6) is 0 Å². The molecule has 0 atom stereocenters. The first-order valence-corrected chi connectivity index (χ1v) is 13.9. The number of nitrogens with zero attached hydrogens (tertiary/aromatic N) is 2. The highest BCUT2D eigenvalue weighted by atomic mass is 14.9. The van der Waals surface area contributed by atoms with Gasteiger partial charge in [-0.15, -0.1) is 0 Å². The Labute approximate surface area is 214 Å². The van der Waals surface area contributed by atoms with Gasteiger partial charge in [0.1, 0.15) is 0 Å². The van der Waals surface area contributed by atoms with Crippen molar-refractivity contribution in [1.29, 1.82) is 0 Å². The van der Waals surface area contributed by atoms with Crippen molar-refractivity contribution in [3.8, 4) is 0 Å². The monoisotopic (exact) mass is 474 g/mol. The van der Waals surface area contributed by atoms with Crippen LogP contribution in [0.15, 0.2) is 60.7 Å². The quantitative estimate of drug-likeness (QED) is 0.153. The summed E-state index contributed by atoms with van der Waals surface area (Å²) in [5, 5.41) is 10.8. The third-order valence-corrected chi connectivity index (χ3v) is 8.43. The molecule has 0 bridgehead atoms. The number of aromatic nitrogens is 2. The summed E-state index contributed by atoms with van der Waals surface area (Å²) in [6.45, 7) is 4.55. The lowest BCUT2D eigenvalue weighted by molar-refractivity contribution is 0.690. The highest BCUT2D eigenvalue weighted by molar-refractivity contribution is 6.20. The molecule has 0 N–H and O–H groups in total. The van der Waals surface area contributed by atoms with Gasteiger partial charge < -0.3 is 9.13 Å². The highest BCUT2D eigenvalue weighted by Gasteiger charge is 2.12. The van der Waals surface area contributed by atoms with Crippen LogP contribution in [0.4, 0.5) is 0 Å². The van der Waals surface area contributed by atoms with Crippen molar-refractivity contribution >= 4 is 54.1 Å². The minimum absolute atomic E-state index is 1.16. The molecule has 2 aromatic heterocycles. The lowest BCUT2D eigenvalue weighted by atomic mass is 9.95. The molecule has 0 aliphatic carbocycles. The summed E-state index contributed by atoms with van der Waals surface area (Å²) < 4.78 is 4.83. The predicted octanol–water partition coefficient (Wildman–Crippen LogP) is 9.59. The number of aryl methyl sites for hydroxylation is 4. The summed E-state index contributed by atoms with van der Waals surface area (Å²) in [6, 6.07) is 23.8. The van der Waals surface area contributed by atoms with Crippen LogP contribution in [0, 0.1) is 0 Å². The van der Waals surface area contributed by atoms with Crippen molar-refractivity contribution in [3.05, 3.63) is 72.1 Å². The first-order chi connectivity index (χ1) is 17.6. The Morgan fingerprint density at radius 2 is 0.917 bits per heavy atom. The van der Waals surface area contributed by atoms with Gasteiger partial charge in [0.05, 0.1) is 0 Å². The summed E-state index contributed by atoms with van der Waals surface area (Å²) in [5.74, 6) is 0. The minimum Gasteiger partial charge on any atom is -0.348 e. The van der Waals surface area contributed by atoms with Gasteiger partial charge in [-0.25, -0.2) is 0 Å². The van der Waals surface area contributed by atoms with Crippen LogP contribution in [0.3, 0.4) is 0 Å². The molecule has 0 aliphatic heterocycles. The van der Waals surface area contributed by atoms with Crippen molar-refractivity contribution in [1.82, 2.24) is 9.13 Å². The van der Waals surface area contributed by atoms with Gasteiger partial charge in [0.15, 0.2) is 0 Å². The molecule has 0 amide bonds. The van der Waals surface area contributed by atoms with Crippen LogP contribution in [-0.4, -0.2) is 9.13 Å². The molecule has 0 spiro atoms. The Morgan fingerprint density at radius 1 is 0.472 bits per heavy atom. The van der Waals surface area contributed by atoms with Gasteiger partial charge in [-0.3, -0.25) is 0 Å². The fraction of sp³-hybridized carbons (Fsp3) is 0.353. The molecule has 4 aromatic carbocycles. The van der Waals surface area contributed by atoms with Gasteiger partial charge in [0.2, 0.25) is 0 Å². The molecule has 0 radical (unpaired) electrons. The molecule has 0 fully saturated rings. The lowest BCUT2D eigenvalue weighted by Crippen LogP contribution is -1.96. The predicted molar refractivity (Wildman–Crippen MR) is 158 cm³/mol. The molecule has 0 saturated heterocycles. The van der Waals surface area contributed by atoms with Crippen LogP contribution >= 0.6 is 0 Å². The normalized spacial score (nSPS) is 12.2. The molecule has 2 nitrogen and oxygen atoms in total. The Kier molecular flexibility index (Phi) is 5.99. The van der Waals surface area contributed by atoms with E-state index in [1.807, 2.05) is 0 Å². The fourth-order valence-electron chi connectivity index (χ4n) is 6.25. The van der Waals surface area contributed by atoms with Crippen LogP contribution < -0.4 is 0 Å². The largest absolute Gasteiger partial charge is 0.348 e. The maximum absolute atomic E-state index is 2.43. The molecule has 2 heterocycles. The zero-order valence-electron chi connectivity index (χ0n) is 22.3. The highest BCUT2D eigenvalue weighted by Crippen LogP contribution is 2.36. The van der Waals surface area contributed by atoms with Gasteiger partial charge in [-0.2, -0.15) is 0 Å². The first kappa shape index (κ1) is 23.2. The zero-order chi connectivity index (χ0) is 24.8. The van der Waals surface area contributed by atoms with Gasteiger partial charge in [0.25, 0.3) is 0 Å². The standard InChI is InChI=1S/C34H38N2/c1-5-7-9-11-27-19-25-17-23-13-15-30-29(31(23)21-33(25)35(27)3)16-14-24-18-26-20-28(12-10-8-6-2)36(4)34(26)22-32(24)30/h13-22H,5-12H2,1-4H3. The van der Waals surface area contributed by atoms with E-state index in [1.165, 1.54) is 104 Å². The Hall–Kier alpha value is -3.26. The molecule has 0 saturated carbocycles. The molecule has 36 heavy (non-hydrogen) atoms. The van der Waals surface area contributed by atoms with E-state index < -0.39 is 0 Å². The van der Waals surface area contributed by atoms with E-state index in [2.05, 4.69) is 97.7 Å². The van der Waals surface area contributed by atoms with Crippen molar-refractivity contribution < 1.29 is 0 Å². The lowest BCUT2D eigenvalue weighted by Gasteiger charge is -2.10. The number of hydrogen-bond acceptors (Lipinski definition) is 0.